The van der Waals surface area contributed by atoms with Gasteiger partial charge in [-0.2, -0.15) is 0 Å². The highest BCUT2D eigenvalue weighted by Gasteiger charge is 2.24. The van der Waals surface area contributed by atoms with Gasteiger partial charge in [0.1, 0.15) is 6.04 Å². The number of rotatable bonds is 4. The van der Waals surface area contributed by atoms with E-state index < -0.39 is 11.5 Å². The molecule has 19 heavy (non-hydrogen) atoms. The van der Waals surface area contributed by atoms with Crippen LogP contribution in [0.1, 0.15) is 33.4 Å². The lowest BCUT2D eigenvalue weighted by Gasteiger charge is -2.21. The molecule has 1 aromatic rings. The van der Waals surface area contributed by atoms with Gasteiger partial charge in [0.2, 0.25) is 11.8 Å². The van der Waals surface area contributed by atoms with E-state index in [0.29, 0.717) is 6.54 Å². The lowest BCUT2D eigenvalue weighted by atomic mass is 9.95. The van der Waals surface area contributed by atoms with Gasteiger partial charge in [-0.25, -0.2) is 0 Å². The highest BCUT2D eigenvalue weighted by atomic mass is 16.2. The fraction of sp³-hybridized carbons (Fsp3) is 0.500. The largest absolute Gasteiger partial charge is 0.349 e. The molecule has 0 aromatic carbocycles. The Morgan fingerprint density at radius 3 is 2.53 bits per heavy atom. The first-order chi connectivity index (χ1) is 8.80. The molecule has 0 saturated heterocycles. The highest BCUT2D eigenvalue weighted by molar-refractivity contribution is 5.89. The molecule has 1 heterocycles. The van der Waals surface area contributed by atoms with E-state index >= 15 is 0 Å². The van der Waals surface area contributed by atoms with E-state index in [1.54, 1.807) is 33.9 Å². The van der Waals surface area contributed by atoms with E-state index in [0.717, 1.165) is 5.69 Å². The van der Waals surface area contributed by atoms with Gasteiger partial charge in [-0.1, -0.05) is 26.8 Å². The monoisotopic (exact) mass is 263 g/mol. The van der Waals surface area contributed by atoms with Crippen LogP contribution in [-0.4, -0.2) is 22.8 Å². The van der Waals surface area contributed by atoms with Crippen molar-refractivity contribution in [2.75, 3.05) is 0 Å². The Labute approximate surface area is 113 Å². The van der Waals surface area contributed by atoms with Gasteiger partial charge in [-0.3, -0.25) is 14.6 Å². The standard InChI is InChI=1S/C14H21N3O2/c1-10(17-13(19)14(2,3)4)12(18)16-9-11-7-5-6-8-15-11/h5-8,10H,9H2,1-4H3,(H,16,18)(H,17,19). The summed E-state index contributed by atoms with van der Waals surface area (Å²) in [5.74, 6) is -0.365. The zero-order chi connectivity index (χ0) is 14.5. The molecule has 0 aliphatic carbocycles. The van der Waals surface area contributed by atoms with Crippen LogP contribution in [0.5, 0.6) is 0 Å². The molecule has 0 radical (unpaired) electrons. The van der Waals surface area contributed by atoms with Gasteiger partial charge in [0.15, 0.2) is 0 Å². The van der Waals surface area contributed by atoms with Gasteiger partial charge in [0.25, 0.3) is 0 Å². The average Bonchev–Trinajstić information content (AvgIpc) is 2.35. The second-order valence-electron chi connectivity index (χ2n) is 5.48. The normalized spacial score (nSPS) is 12.6. The number of nitrogens with one attached hydrogen (secondary N) is 2. The van der Waals surface area contributed by atoms with Gasteiger partial charge in [-0.05, 0) is 19.1 Å². The van der Waals surface area contributed by atoms with Gasteiger partial charge >= 0.3 is 0 Å². The molecule has 104 valence electrons. The van der Waals surface area contributed by atoms with Crippen molar-refractivity contribution in [3.63, 3.8) is 0 Å². The molecule has 1 atom stereocenters. The van der Waals surface area contributed by atoms with Crippen LogP contribution in [0.15, 0.2) is 24.4 Å². The first kappa shape index (κ1) is 15.1. The number of amides is 2. The zero-order valence-corrected chi connectivity index (χ0v) is 11.9. The smallest absolute Gasteiger partial charge is 0.242 e. The maximum Gasteiger partial charge on any atom is 0.242 e. The summed E-state index contributed by atoms with van der Waals surface area (Å²) in [6.07, 6.45) is 1.67. The first-order valence-electron chi connectivity index (χ1n) is 6.29. The van der Waals surface area contributed by atoms with Crippen LogP contribution in [0.25, 0.3) is 0 Å². The predicted molar refractivity (Wildman–Crippen MR) is 73.1 cm³/mol. The minimum Gasteiger partial charge on any atom is -0.349 e. The van der Waals surface area contributed by atoms with Crippen LogP contribution in [0.4, 0.5) is 0 Å². The Kier molecular flexibility index (Phi) is 5.03. The summed E-state index contributed by atoms with van der Waals surface area (Å²) < 4.78 is 0. The van der Waals surface area contributed by atoms with Crippen LogP contribution >= 0.6 is 0 Å². The maximum absolute atomic E-state index is 11.8. The van der Waals surface area contributed by atoms with Gasteiger partial charge < -0.3 is 10.6 Å². The summed E-state index contributed by atoms with van der Waals surface area (Å²) in [5, 5.41) is 5.42. The van der Waals surface area contributed by atoms with E-state index in [2.05, 4.69) is 15.6 Å². The van der Waals surface area contributed by atoms with Crippen LogP contribution in [0.2, 0.25) is 0 Å². The Bertz CT molecular complexity index is 438. The van der Waals surface area contributed by atoms with E-state index in [-0.39, 0.29) is 11.8 Å². The molecule has 0 bridgehead atoms. The summed E-state index contributed by atoms with van der Waals surface area (Å²) >= 11 is 0. The Morgan fingerprint density at radius 1 is 1.32 bits per heavy atom. The molecule has 2 amide bonds. The molecule has 5 nitrogen and oxygen atoms in total. The van der Waals surface area contributed by atoms with Crippen molar-refractivity contribution < 1.29 is 9.59 Å². The van der Waals surface area contributed by atoms with Crippen molar-refractivity contribution in [2.45, 2.75) is 40.3 Å². The fourth-order valence-electron chi connectivity index (χ4n) is 1.31. The SMILES string of the molecule is CC(NC(=O)C(C)(C)C)C(=O)NCc1ccccn1. The van der Waals surface area contributed by atoms with Crippen molar-refractivity contribution in [3.05, 3.63) is 30.1 Å². The Hall–Kier alpha value is -1.91. The molecule has 1 unspecified atom stereocenters. The molecule has 0 fully saturated rings. The van der Waals surface area contributed by atoms with Gasteiger partial charge in [0, 0.05) is 11.6 Å². The second-order valence-corrected chi connectivity index (χ2v) is 5.48. The minimum absolute atomic E-state index is 0.145. The number of nitrogens with zero attached hydrogens (tertiary/aromatic N) is 1. The maximum atomic E-state index is 11.8. The van der Waals surface area contributed by atoms with Crippen molar-refractivity contribution in [1.29, 1.82) is 0 Å². The number of pyridine rings is 1. The number of hydrogen-bond acceptors (Lipinski definition) is 3. The third kappa shape index (κ3) is 5.07. The fourth-order valence-corrected chi connectivity index (χ4v) is 1.31. The average molecular weight is 263 g/mol. The molecule has 0 aliphatic heterocycles. The summed E-state index contributed by atoms with van der Waals surface area (Å²) in [6, 6.07) is 4.95. The second kappa shape index (κ2) is 6.31. The summed E-state index contributed by atoms with van der Waals surface area (Å²) in [5.41, 5.74) is 0.278. The summed E-state index contributed by atoms with van der Waals surface area (Å²) in [4.78, 5) is 27.7. The molecule has 1 aromatic heterocycles. The molecular weight excluding hydrogens is 242 g/mol. The zero-order valence-electron chi connectivity index (χ0n) is 11.9. The van der Waals surface area contributed by atoms with E-state index in [1.807, 2.05) is 18.2 Å². The van der Waals surface area contributed by atoms with Gasteiger partial charge in [0.05, 0.1) is 12.2 Å². The van der Waals surface area contributed by atoms with E-state index in [4.69, 9.17) is 0 Å². The van der Waals surface area contributed by atoms with Crippen LogP contribution in [-0.2, 0) is 16.1 Å². The number of carbonyl (C=O) groups excluding carboxylic acids is 2. The van der Waals surface area contributed by atoms with Crippen LogP contribution in [0.3, 0.4) is 0 Å². The van der Waals surface area contributed by atoms with E-state index in [9.17, 15) is 9.59 Å². The quantitative estimate of drug-likeness (QED) is 0.858. The number of carbonyl (C=O) groups is 2. The number of aromatic nitrogens is 1. The van der Waals surface area contributed by atoms with Crippen LogP contribution < -0.4 is 10.6 Å². The minimum atomic E-state index is -0.560. The Balaban J connectivity index is 2.43. The van der Waals surface area contributed by atoms with Crippen molar-refractivity contribution in [1.82, 2.24) is 15.6 Å². The Morgan fingerprint density at radius 2 is 2.00 bits per heavy atom. The molecule has 1 rings (SSSR count). The van der Waals surface area contributed by atoms with Crippen LogP contribution in [0, 0.1) is 5.41 Å². The summed E-state index contributed by atoms with van der Waals surface area (Å²) in [7, 11) is 0. The first-order valence-corrected chi connectivity index (χ1v) is 6.29. The predicted octanol–water partition coefficient (Wildman–Crippen LogP) is 1.25. The number of hydrogen-bond donors (Lipinski definition) is 2. The lowest BCUT2D eigenvalue weighted by Crippen LogP contribution is -2.48. The third-order valence-electron chi connectivity index (χ3n) is 2.59. The van der Waals surface area contributed by atoms with Crippen molar-refractivity contribution in [3.8, 4) is 0 Å². The molecule has 2 N–H and O–H groups in total. The van der Waals surface area contributed by atoms with Crippen molar-refractivity contribution >= 4 is 11.8 Å². The highest BCUT2D eigenvalue weighted by Crippen LogP contribution is 2.12. The lowest BCUT2D eigenvalue weighted by molar-refractivity contribution is -0.133. The molecular formula is C14H21N3O2. The van der Waals surface area contributed by atoms with Crippen molar-refractivity contribution in [2.24, 2.45) is 5.41 Å². The molecule has 0 spiro atoms. The topological polar surface area (TPSA) is 71.1 Å². The molecule has 5 heteroatoms. The van der Waals surface area contributed by atoms with E-state index in [1.165, 1.54) is 0 Å². The summed E-state index contributed by atoms with van der Waals surface area (Å²) in [6.45, 7) is 7.44. The van der Waals surface area contributed by atoms with Gasteiger partial charge in [-0.15, -0.1) is 0 Å². The third-order valence-corrected chi connectivity index (χ3v) is 2.59. The molecule has 0 aliphatic rings. The molecule has 0 saturated carbocycles.